The second-order valence-electron chi connectivity index (χ2n) is 5.78. The van der Waals surface area contributed by atoms with Crippen molar-refractivity contribution in [3.8, 4) is 0 Å². The van der Waals surface area contributed by atoms with Crippen LogP contribution in [-0.4, -0.2) is 33.5 Å². The molecule has 0 aromatic heterocycles. The average molecular weight is 336 g/mol. The van der Waals surface area contributed by atoms with Gasteiger partial charge >= 0.3 is 5.97 Å². The van der Waals surface area contributed by atoms with E-state index < -0.39 is 18.2 Å². The third-order valence-electron chi connectivity index (χ3n) is 3.51. The van der Waals surface area contributed by atoms with Crippen LogP contribution in [0.4, 0.5) is 0 Å². The maximum absolute atomic E-state index is 10.4. The molecule has 4 heteroatoms. The van der Waals surface area contributed by atoms with Crippen molar-refractivity contribution in [1.82, 2.24) is 0 Å². The Balaban J connectivity index is 3.83. The lowest BCUT2D eigenvalue weighted by Gasteiger charge is -2.13. The van der Waals surface area contributed by atoms with Crippen LogP contribution < -0.4 is 0 Å². The van der Waals surface area contributed by atoms with E-state index in [1.807, 2.05) is 24.3 Å². The summed E-state index contributed by atoms with van der Waals surface area (Å²) in [5.41, 5.74) is 0. The van der Waals surface area contributed by atoms with Gasteiger partial charge in [0, 0.05) is 6.42 Å². The topological polar surface area (TPSA) is 77.8 Å². The van der Waals surface area contributed by atoms with Crippen LogP contribution in [0.25, 0.3) is 0 Å². The van der Waals surface area contributed by atoms with Gasteiger partial charge in [-0.1, -0.05) is 74.8 Å². The van der Waals surface area contributed by atoms with Crippen LogP contribution in [0.15, 0.2) is 48.6 Å². The lowest BCUT2D eigenvalue weighted by molar-refractivity contribution is -0.137. The highest BCUT2D eigenvalue weighted by Gasteiger charge is 2.12. The van der Waals surface area contributed by atoms with Gasteiger partial charge in [0.2, 0.25) is 0 Å². The molecule has 0 radical (unpaired) electrons. The van der Waals surface area contributed by atoms with Crippen LogP contribution in [-0.2, 0) is 4.79 Å². The van der Waals surface area contributed by atoms with E-state index >= 15 is 0 Å². The van der Waals surface area contributed by atoms with Gasteiger partial charge in [0.15, 0.2) is 0 Å². The van der Waals surface area contributed by atoms with E-state index in [1.54, 1.807) is 12.2 Å². The van der Waals surface area contributed by atoms with Crippen molar-refractivity contribution in [2.75, 3.05) is 0 Å². The minimum atomic E-state index is -0.976. The molecule has 0 aromatic carbocycles. The Morgan fingerprint density at radius 1 is 0.917 bits per heavy atom. The van der Waals surface area contributed by atoms with E-state index in [4.69, 9.17) is 5.11 Å². The molecule has 2 unspecified atom stereocenters. The number of carboxylic acid groups (broad SMARTS) is 1. The predicted molar refractivity (Wildman–Crippen MR) is 98.8 cm³/mol. The summed E-state index contributed by atoms with van der Waals surface area (Å²) >= 11 is 0. The SMILES string of the molecule is CCCCCC/C=C/C=C\C=C\C=C\C(O)C(O)CCCC(=O)O. The predicted octanol–water partition coefficient (Wildman–Crippen LogP) is 4.16. The van der Waals surface area contributed by atoms with Crippen molar-refractivity contribution in [3.05, 3.63) is 48.6 Å². The zero-order chi connectivity index (χ0) is 18.0. The van der Waals surface area contributed by atoms with Gasteiger partial charge in [-0.05, 0) is 25.7 Å². The van der Waals surface area contributed by atoms with Crippen molar-refractivity contribution in [2.45, 2.75) is 70.5 Å². The Morgan fingerprint density at radius 3 is 2.25 bits per heavy atom. The van der Waals surface area contributed by atoms with Gasteiger partial charge in [-0.25, -0.2) is 0 Å². The van der Waals surface area contributed by atoms with Gasteiger partial charge in [-0.15, -0.1) is 0 Å². The van der Waals surface area contributed by atoms with Crippen LogP contribution in [0.3, 0.4) is 0 Å². The first-order valence-electron chi connectivity index (χ1n) is 8.82. The summed E-state index contributed by atoms with van der Waals surface area (Å²) in [6, 6.07) is 0. The number of aliphatic hydroxyl groups excluding tert-OH is 2. The maximum atomic E-state index is 10.4. The number of allylic oxidation sites excluding steroid dienone is 7. The van der Waals surface area contributed by atoms with Gasteiger partial charge < -0.3 is 15.3 Å². The first-order chi connectivity index (χ1) is 11.6. The van der Waals surface area contributed by atoms with Crippen LogP contribution in [0, 0.1) is 0 Å². The molecular formula is C20H32O4. The molecule has 0 amide bonds. The maximum Gasteiger partial charge on any atom is 0.303 e. The zero-order valence-electron chi connectivity index (χ0n) is 14.7. The molecule has 2 atom stereocenters. The molecule has 4 nitrogen and oxygen atoms in total. The Labute approximate surface area is 145 Å². The smallest absolute Gasteiger partial charge is 0.303 e. The molecular weight excluding hydrogens is 304 g/mol. The van der Waals surface area contributed by atoms with E-state index in [0.29, 0.717) is 6.42 Å². The van der Waals surface area contributed by atoms with Gasteiger partial charge in [0.05, 0.1) is 12.2 Å². The van der Waals surface area contributed by atoms with E-state index in [1.165, 1.54) is 31.8 Å². The number of carboxylic acids is 1. The lowest BCUT2D eigenvalue weighted by atomic mass is 10.1. The minimum Gasteiger partial charge on any atom is -0.481 e. The molecule has 0 aromatic rings. The number of hydrogen-bond acceptors (Lipinski definition) is 3. The van der Waals surface area contributed by atoms with E-state index in [2.05, 4.69) is 13.0 Å². The molecule has 0 saturated heterocycles. The number of hydrogen-bond donors (Lipinski definition) is 3. The van der Waals surface area contributed by atoms with Crippen LogP contribution in [0.2, 0.25) is 0 Å². The fraction of sp³-hybridized carbons (Fsp3) is 0.550. The Hall–Kier alpha value is -1.65. The molecule has 0 bridgehead atoms. The molecule has 136 valence electrons. The van der Waals surface area contributed by atoms with Gasteiger partial charge in [0.25, 0.3) is 0 Å². The number of aliphatic carboxylic acids is 1. The molecule has 0 rings (SSSR count). The largest absolute Gasteiger partial charge is 0.481 e. The highest BCUT2D eigenvalue weighted by molar-refractivity contribution is 5.66. The molecule has 0 fully saturated rings. The standard InChI is InChI=1S/C20H32O4/c1-2-3-4-5-6-7-8-9-10-11-12-13-15-18(21)19(22)16-14-17-20(23)24/h7-13,15,18-19,21-22H,2-6,14,16-17H2,1H3,(H,23,24)/b8-7+,10-9-,12-11+,15-13+. The summed E-state index contributed by atoms with van der Waals surface area (Å²) < 4.78 is 0. The molecule has 0 aliphatic heterocycles. The Morgan fingerprint density at radius 2 is 1.58 bits per heavy atom. The third-order valence-corrected chi connectivity index (χ3v) is 3.51. The molecule has 0 saturated carbocycles. The first kappa shape index (κ1) is 22.4. The monoisotopic (exact) mass is 336 g/mol. The van der Waals surface area contributed by atoms with E-state index in [9.17, 15) is 15.0 Å². The van der Waals surface area contributed by atoms with Crippen molar-refractivity contribution in [1.29, 1.82) is 0 Å². The van der Waals surface area contributed by atoms with Crippen LogP contribution in [0.5, 0.6) is 0 Å². The Kier molecular flexibility index (Phi) is 15.1. The lowest BCUT2D eigenvalue weighted by Crippen LogP contribution is -2.23. The summed E-state index contributed by atoms with van der Waals surface area (Å²) in [5, 5.41) is 27.9. The molecule has 0 heterocycles. The summed E-state index contributed by atoms with van der Waals surface area (Å²) in [7, 11) is 0. The fourth-order valence-corrected chi connectivity index (χ4v) is 2.06. The van der Waals surface area contributed by atoms with E-state index in [-0.39, 0.29) is 12.8 Å². The number of aliphatic hydroxyl groups is 2. The normalized spacial score (nSPS) is 15.1. The molecule has 0 aliphatic carbocycles. The van der Waals surface area contributed by atoms with Crippen molar-refractivity contribution < 1.29 is 20.1 Å². The van der Waals surface area contributed by atoms with Gasteiger partial charge in [0.1, 0.15) is 0 Å². The average Bonchev–Trinajstić information content (AvgIpc) is 2.55. The number of carbonyl (C=O) groups is 1. The van der Waals surface area contributed by atoms with Gasteiger partial charge in [-0.2, -0.15) is 0 Å². The quantitative estimate of drug-likeness (QED) is 0.329. The Bertz CT molecular complexity index is 421. The zero-order valence-corrected chi connectivity index (χ0v) is 14.7. The number of unbranched alkanes of at least 4 members (excludes halogenated alkanes) is 4. The van der Waals surface area contributed by atoms with Gasteiger partial charge in [-0.3, -0.25) is 4.79 Å². The van der Waals surface area contributed by atoms with Crippen molar-refractivity contribution >= 4 is 5.97 Å². The summed E-state index contributed by atoms with van der Waals surface area (Å²) in [6.45, 7) is 2.21. The molecule has 3 N–H and O–H groups in total. The second kappa shape index (κ2) is 16.2. The highest BCUT2D eigenvalue weighted by Crippen LogP contribution is 2.06. The van der Waals surface area contributed by atoms with Crippen LogP contribution >= 0.6 is 0 Å². The fourth-order valence-electron chi connectivity index (χ4n) is 2.06. The highest BCUT2D eigenvalue weighted by atomic mass is 16.4. The molecule has 0 spiro atoms. The molecule has 24 heavy (non-hydrogen) atoms. The number of rotatable bonds is 14. The second-order valence-corrected chi connectivity index (χ2v) is 5.78. The van der Waals surface area contributed by atoms with Crippen molar-refractivity contribution in [2.24, 2.45) is 0 Å². The van der Waals surface area contributed by atoms with Crippen molar-refractivity contribution in [3.63, 3.8) is 0 Å². The van der Waals surface area contributed by atoms with Crippen LogP contribution in [0.1, 0.15) is 58.3 Å². The van der Waals surface area contributed by atoms with E-state index in [0.717, 1.165) is 6.42 Å². The summed E-state index contributed by atoms with van der Waals surface area (Å²) in [6.07, 6.45) is 19.8. The molecule has 0 aliphatic rings. The first-order valence-corrected chi connectivity index (χ1v) is 8.82. The summed E-state index contributed by atoms with van der Waals surface area (Å²) in [5.74, 6) is -0.892. The summed E-state index contributed by atoms with van der Waals surface area (Å²) in [4.78, 5) is 10.4. The third kappa shape index (κ3) is 15.3. The minimum absolute atomic E-state index is 0.00428.